The first-order chi connectivity index (χ1) is 12.2. The van der Waals surface area contributed by atoms with E-state index in [4.69, 9.17) is 4.74 Å². The number of aryl methyl sites for hydroxylation is 1. The van der Waals surface area contributed by atoms with Crippen LogP contribution >= 0.6 is 0 Å². The molecule has 0 aliphatic rings. The molecule has 0 amide bonds. The number of carbonyl (C=O) groups is 1. The van der Waals surface area contributed by atoms with E-state index in [1.54, 1.807) is 4.57 Å². The summed E-state index contributed by atoms with van der Waals surface area (Å²) in [5, 5.41) is 1.09. The topological polar surface area (TPSA) is 31.2 Å². The second-order valence-electron chi connectivity index (χ2n) is 6.08. The summed E-state index contributed by atoms with van der Waals surface area (Å²) >= 11 is 0. The van der Waals surface area contributed by atoms with Gasteiger partial charge in [-0.3, -0.25) is 9.36 Å². The van der Waals surface area contributed by atoms with Gasteiger partial charge in [-0.05, 0) is 62.2 Å². The zero-order valence-corrected chi connectivity index (χ0v) is 15.0. The Bertz CT molecular complexity index is 917. The van der Waals surface area contributed by atoms with E-state index < -0.39 is 0 Å². The van der Waals surface area contributed by atoms with Crippen LogP contribution in [-0.4, -0.2) is 17.1 Å². The van der Waals surface area contributed by atoms with Crippen molar-refractivity contribution in [3.05, 3.63) is 71.4 Å². The molecule has 1 heterocycles. The lowest BCUT2D eigenvalue weighted by atomic mass is 10.1. The quantitative estimate of drug-likeness (QED) is 0.621. The van der Waals surface area contributed by atoms with Gasteiger partial charge in [0.05, 0.1) is 12.1 Å². The van der Waals surface area contributed by atoms with Crippen molar-refractivity contribution in [1.29, 1.82) is 0 Å². The molecule has 0 spiro atoms. The predicted octanol–water partition coefficient (Wildman–Crippen LogP) is 5.46. The van der Waals surface area contributed by atoms with Crippen molar-refractivity contribution in [3.8, 4) is 5.75 Å². The van der Waals surface area contributed by atoms with E-state index in [-0.39, 0.29) is 5.91 Å². The van der Waals surface area contributed by atoms with Crippen molar-refractivity contribution >= 4 is 22.9 Å². The van der Waals surface area contributed by atoms with E-state index in [1.807, 2.05) is 56.3 Å². The molecule has 0 atom stereocenters. The third-order valence-corrected chi connectivity index (χ3v) is 4.19. The maximum absolute atomic E-state index is 13.0. The van der Waals surface area contributed by atoms with Crippen LogP contribution in [0.2, 0.25) is 0 Å². The molecule has 0 bridgehead atoms. The molecule has 1 aromatic heterocycles. The summed E-state index contributed by atoms with van der Waals surface area (Å²) in [6.07, 6.45) is 5.04. The summed E-state index contributed by atoms with van der Waals surface area (Å²) in [5.41, 5.74) is 3.64. The third-order valence-electron chi connectivity index (χ3n) is 4.19. The Hall–Kier alpha value is -2.81. The van der Waals surface area contributed by atoms with Gasteiger partial charge in [-0.25, -0.2) is 0 Å². The zero-order chi connectivity index (χ0) is 17.8. The summed E-state index contributed by atoms with van der Waals surface area (Å²) in [6.45, 7) is 6.72. The van der Waals surface area contributed by atoms with Crippen LogP contribution in [0, 0.1) is 6.92 Å². The molecule has 3 aromatic rings. The summed E-state index contributed by atoms with van der Waals surface area (Å²) in [7, 11) is 0. The van der Waals surface area contributed by atoms with Gasteiger partial charge in [0.25, 0.3) is 5.91 Å². The molecule has 0 N–H and O–H groups in total. The monoisotopic (exact) mass is 333 g/mol. The van der Waals surface area contributed by atoms with Gasteiger partial charge in [-0.2, -0.15) is 0 Å². The molecule has 0 saturated carbocycles. The average Bonchev–Trinajstić information content (AvgIpc) is 2.97. The van der Waals surface area contributed by atoms with E-state index in [0.717, 1.165) is 34.3 Å². The molecule has 0 aliphatic heterocycles. The highest BCUT2D eigenvalue weighted by Gasteiger charge is 2.15. The first kappa shape index (κ1) is 17.0. The van der Waals surface area contributed by atoms with E-state index in [1.165, 1.54) is 0 Å². The highest BCUT2D eigenvalue weighted by molar-refractivity contribution is 6.04. The molecule has 2 aromatic carbocycles. The molecule has 128 valence electrons. The Morgan fingerprint density at radius 2 is 1.92 bits per heavy atom. The van der Waals surface area contributed by atoms with Crippen molar-refractivity contribution < 1.29 is 9.53 Å². The average molecular weight is 333 g/mol. The van der Waals surface area contributed by atoms with Crippen LogP contribution in [0.5, 0.6) is 5.75 Å². The van der Waals surface area contributed by atoms with Crippen molar-refractivity contribution in [1.82, 2.24) is 4.57 Å². The van der Waals surface area contributed by atoms with Crippen LogP contribution in [0.3, 0.4) is 0 Å². The van der Waals surface area contributed by atoms with Crippen molar-refractivity contribution in [3.63, 3.8) is 0 Å². The fourth-order valence-electron chi connectivity index (χ4n) is 3.02. The van der Waals surface area contributed by atoms with E-state index in [9.17, 15) is 4.79 Å². The summed E-state index contributed by atoms with van der Waals surface area (Å²) in [5.74, 6) is 0.773. The summed E-state index contributed by atoms with van der Waals surface area (Å²) < 4.78 is 7.37. The van der Waals surface area contributed by atoms with Crippen molar-refractivity contribution in [2.75, 3.05) is 6.61 Å². The molecule has 0 aliphatic carbocycles. The van der Waals surface area contributed by atoms with Gasteiger partial charge in [-0.15, -0.1) is 0 Å². The lowest BCUT2D eigenvalue weighted by molar-refractivity contribution is 0.0963. The molecule has 0 unspecified atom stereocenters. The first-order valence-corrected chi connectivity index (χ1v) is 8.67. The number of hydrogen-bond donors (Lipinski definition) is 0. The molecule has 0 saturated heterocycles. The minimum Gasteiger partial charge on any atom is -0.494 e. The lowest BCUT2D eigenvalue weighted by Crippen LogP contribution is -2.13. The number of hydrogen-bond acceptors (Lipinski definition) is 2. The van der Waals surface area contributed by atoms with Gasteiger partial charge >= 0.3 is 0 Å². The van der Waals surface area contributed by atoms with Gasteiger partial charge in [0.1, 0.15) is 5.75 Å². The standard InChI is InChI=1S/C22H23NO2/c1-4-7-17-8-6-9-21-20(17)15-16(3)23(21)22(24)18-10-12-19(13-11-18)25-14-5-2/h4,6-13,15H,5,14H2,1-3H3/b7-4+. The SMILES string of the molecule is C/C=C/c1cccc2c1cc(C)n2C(=O)c1ccc(OCCC)cc1. The molecule has 3 nitrogen and oxygen atoms in total. The summed E-state index contributed by atoms with van der Waals surface area (Å²) in [4.78, 5) is 13.0. The highest BCUT2D eigenvalue weighted by atomic mass is 16.5. The van der Waals surface area contributed by atoms with E-state index >= 15 is 0 Å². The Balaban J connectivity index is 2.00. The number of nitrogens with zero attached hydrogens (tertiary/aromatic N) is 1. The van der Waals surface area contributed by atoms with Crippen molar-refractivity contribution in [2.24, 2.45) is 0 Å². The fraction of sp³-hybridized carbons (Fsp3) is 0.227. The minimum absolute atomic E-state index is 0.0211. The maximum atomic E-state index is 13.0. The van der Waals surface area contributed by atoms with Gasteiger partial charge in [0.2, 0.25) is 0 Å². The molecule has 3 heteroatoms. The minimum atomic E-state index is -0.0211. The van der Waals surface area contributed by atoms with Gasteiger partial charge < -0.3 is 4.74 Å². The van der Waals surface area contributed by atoms with Crippen molar-refractivity contribution in [2.45, 2.75) is 27.2 Å². The number of aromatic nitrogens is 1. The van der Waals surface area contributed by atoms with E-state index in [0.29, 0.717) is 12.2 Å². The second-order valence-corrected chi connectivity index (χ2v) is 6.08. The van der Waals surface area contributed by atoms with Gasteiger partial charge in [0, 0.05) is 16.6 Å². The molecule has 0 radical (unpaired) electrons. The Kier molecular flexibility index (Phi) is 5.03. The number of carbonyl (C=O) groups excluding carboxylic acids is 1. The van der Waals surface area contributed by atoms with Crippen LogP contribution in [0.4, 0.5) is 0 Å². The summed E-state index contributed by atoms with van der Waals surface area (Å²) in [6, 6.07) is 15.5. The number of rotatable bonds is 5. The Morgan fingerprint density at radius 1 is 1.16 bits per heavy atom. The largest absolute Gasteiger partial charge is 0.494 e. The third kappa shape index (κ3) is 3.36. The number of ether oxygens (including phenoxy) is 1. The molecular weight excluding hydrogens is 310 g/mol. The van der Waals surface area contributed by atoms with Gasteiger partial charge in [-0.1, -0.05) is 31.2 Å². The molecule has 3 rings (SSSR count). The molecule has 25 heavy (non-hydrogen) atoms. The van der Waals surface area contributed by atoms with Crippen LogP contribution in [0.1, 0.15) is 41.9 Å². The zero-order valence-electron chi connectivity index (χ0n) is 15.0. The molecule has 0 fully saturated rings. The predicted molar refractivity (Wildman–Crippen MR) is 103 cm³/mol. The Morgan fingerprint density at radius 3 is 2.60 bits per heavy atom. The normalized spacial score (nSPS) is 11.3. The highest BCUT2D eigenvalue weighted by Crippen LogP contribution is 2.25. The number of benzene rings is 2. The van der Waals surface area contributed by atoms with Crippen LogP contribution in [0.25, 0.3) is 17.0 Å². The Labute approximate surface area is 148 Å². The maximum Gasteiger partial charge on any atom is 0.262 e. The molecular formula is C22H23NO2. The number of fused-ring (bicyclic) bond motifs is 1. The lowest BCUT2D eigenvalue weighted by Gasteiger charge is -2.09. The fourth-order valence-corrected chi connectivity index (χ4v) is 3.02. The van der Waals surface area contributed by atoms with Crippen LogP contribution in [0.15, 0.2) is 54.6 Å². The van der Waals surface area contributed by atoms with Crippen LogP contribution < -0.4 is 4.74 Å². The smallest absolute Gasteiger partial charge is 0.262 e. The van der Waals surface area contributed by atoms with E-state index in [2.05, 4.69) is 25.1 Å². The van der Waals surface area contributed by atoms with Gasteiger partial charge in [0.15, 0.2) is 0 Å². The second kappa shape index (κ2) is 7.39. The first-order valence-electron chi connectivity index (χ1n) is 8.67. The number of allylic oxidation sites excluding steroid dienone is 1. The van der Waals surface area contributed by atoms with Crippen LogP contribution in [-0.2, 0) is 0 Å².